The van der Waals surface area contributed by atoms with Crippen molar-refractivity contribution in [1.82, 2.24) is 0 Å². The van der Waals surface area contributed by atoms with Crippen LogP contribution >= 0.6 is 11.6 Å². The van der Waals surface area contributed by atoms with Gasteiger partial charge in [-0.2, -0.15) is 0 Å². The first kappa shape index (κ1) is 11.9. The van der Waals surface area contributed by atoms with Crippen LogP contribution in [-0.2, 0) is 16.4 Å². The number of halogens is 1. The smallest absolute Gasteiger partial charge is 0.225 e. The molecule has 1 saturated carbocycles. The fraction of sp³-hybridized carbons (Fsp3) is 0.455. The minimum absolute atomic E-state index is 0.0166. The largest absolute Gasteiger partial charge is 0.238 e. The van der Waals surface area contributed by atoms with Gasteiger partial charge in [-0.05, 0) is 36.8 Å². The highest BCUT2D eigenvalue weighted by Crippen LogP contribution is 2.37. The normalized spacial score (nSPS) is 18.4. The molecule has 0 radical (unpaired) electrons. The van der Waals surface area contributed by atoms with E-state index < -0.39 is 10.0 Å². The van der Waals surface area contributed by atoms with E-state index in [2.05, 4.69) is 0 Å². The van der Waals surface area contributed by atoms with Gasteiger partial charge in [0.1, 0.15) is 0 Å². The molecule has 2 rings (SSSR count). The Morgan fingerprint density at radius 1 is 1.38 bits per heavy atom. The van der Waals surface area contributed by atoms with Crippen molar-refractivity contribution < 1.29 is 8.42 Å². The Bertz CT molecular complexity index is 483. The molecular formula is C11H14ClNO2S. The zero-order valence-electron chi connectivity index (χ0n) is 8.77. The summed E-state index contributed by atoms with van der Waals surface area (Å²) in [6.45, 7) is 0. The average Bonchev–Trinajstić information content (AvgIpc) is 2.99. The number of hydrogen-bond acceptors (Lipinski definition) is 2. The maximum absolute atomic E-state index is 11.4. The summed E-state index contributed by atoms with van der Waals surface area (Å²) in [6.07, 6.45) is 2.86. The van der Waals surface area contributed by atoms with Gasteiger partial charge in [0.25, 0.3) is 0 Å². The molecule has 1 aliphatic rings. The summed E-state index contributed by atoms with van der Waals surface area (Å²) < 4.78 is 22.7. The second-order valence-corrected chi connectivity index (χ2v) is 6.30. The molecule has 0 aliphatic heterocycles. The highest BCUT2D eigenvalue weighted by atomic mass is 35.5. The van der Waals surface area contributed by atoms with E-state index in [1.54, 1.807) is 18.2 Å². The van der Waals surface area contributed by atoms with Gasteiger partial charge in [-0.15, -0.1) is 11.6 Å². The second-order valence-electron chi connectivity index (χ2n) is 4.21. The third-order valence-corrected chi connectivity index (χ3v) is 4.35. The lowest BCUT2D eigenvalue weighted by atomic mass is 10.1. The Labute approximate surface area is 101 Å². The van der Waals surface area contributed by atoms with Crippen LogP contribution in [0.1, 0.15) is 18.4 Å². The Morgan fingerprint density at radius 2 is 2.00 bits per heavy atom. The van der Waals surface area contributed by atoms with E-state index in [0.717, 1.165) is 18.4 Å². The quantitative estimate of drug-likeness (QED) is 0.840. The molecule has 1 fully saturated rings. The SMILES string of the molecule is NS(=O)(=O)c1ccccc1CC(Cl)C1CC1. The van der Waals surface area contributed by atoms with E-state index in [1.807, 2.05) is 0 Å². The lowest BCUT2D eigenvalue weighted by Crippen LogP contribution is -2.16. The minimum Gasteiger partial charge on any atom is -0.225 e. The average molecular weight is 260 g/mol. The van der Waals surface area contributed by atoms with E-state index >= 15 is 0 Å². The first-order valence-electron chi connectivity index (χ1n) is 5.23. The fourth-order valence-corrected chi connectivity index (χ4v) is 2.99. The Kier molecular flexibility index (Phi) is 3.24. The molecule has 16 heavy (non-hydrogen) atoms. The van der Waals surface area contributed by atoms with Crippen molar-refractivity contribution in [3.05, 3.63) is 29.8 Å². The van der Waals surface area contributed by atoms with E-state index in [9.17, 15) is 8.42 Å². The maximum atomic E-state index is 11.4. The second kappa shape index (κ2) is 4.35. The third kappa shape index (κ3) is 2.75. The molecule has 0 saturated heterocycles. The van der Waals surface area contributed by atoms with Crippen LogP contribution in [0.15, 0.2) is 29.2 Å². The zero-order chi connectivity index (χ0) is 11.8. The number of primary sulfonamides is 1. The number of sulfonamides is 1. The molecule has 1 aromatic carbocycles. The summed E-state index contributed by atoms with van der Waals surface area (Å²) in [6, 6.07) is 6.78. The highest BCUT2D eigenvalue weighted by molar-refractivity contribution is 7.89. The van der Waals surface area contributed by atoms with Gasteiger partial charge in [-0.3, -0.25) is 0 Å². The van der Waals surface area contributed by atoms with Crippen molar-refractivity contribution in [2.45, 2.75) is 29.5 Å². The zero-order valence-corrected chi connectivity index (χ0v) is 10.3. The molecule has 3 nitrogen and oxygen atoms in total. The Balaban J connectivity index is 2.26. The van der Waals surface area contributed by atoms with Gasteiger partial charge in [0, 0.05) is 5.38 Å². The highest BCUT2D eigenvalue weighted by Gasteiger charge is 2.30. The molecular weight excluding hydrogens is 246 g/mol. The molecule has 1 aromatic rings. The van der Waals surface area contributed by atoms with Crippen LogP contribution in [0.25, 0.3) is 0 Å². The van der Waals surface area contributed by atoms with Crippen LogP contribution in [-0.4, -0.2) is 13.8 Å². The van der Waals surface area contributed by atoms with E-state index in [4.69, 9.17) is 16.7 Å². The molecule has 0 bridgehead atoms. The molecule has 1 unspecified atom stereocenters. The number of alkyl halides is 1. The van der Waals surface area contributed by atoms with E-state index in [-0.39, 0.29) is 10.3 Å². The molecule has 1 aliphatic carbocycles. The van der Waals surface area contributed by atoms with Crippen molar-refractivity contribution in [3.63, 3.8) is 0 Å². The van der Waals surface area contributed by atoms with Gasteiger partial charge < -0.3 is 0 Å². The third-order valence-electron chi connectivity index (χ3n) is 2.83. The van der Waals surface area contributed by atoms with Gasteiger partial charge in [0.2, 0.25) is 10.0 Å². The van der Waals surface area contributed by atoms with Crippen molar-refractivity contribution in [3.8, 4) is 0 Å². The summed E-state index contributed by atoms with van der Waals surface area (Å²) in [5.41, 5.74) is 0.719. The topological polar surface area (TPSA) is 60.2 Å². The summed E-state index contributed by atoms with van der Waals surface area (Å²) in [5, 5.41) is 5.17. The lowest BCUT2D eigenvalue weighted by molar-refractivity contribution is 0.595. The predicted molar refractivity (Wildman–Crippen MR) is 63.9 cm³/mol. The maximum Gasteiger partial charge on any atom is 0.238 e. The van der Waals surface area contributed by atoms with Crippen molar-refractivity contribution in [1.29, 1.82) is 0 Å². The van der Waals surface area contributed by atoms with Crippen molar-refractivity contribution in [2.75, 3.05) is 0 Å². The number of rotatable bonds is 4. The van der Waals surface area contributed by atoms with Crippen LogP contribution in [0.5, 0.6) is 0 Å². The number of nitrogens with two attached hydrogens (primary N) is 1. The number of benzene rings is 1. The van der Waals surface area contributed by atoms with Gasteiger partial charge >= 0.3 is 0 Å². The minimum atomic E-state index is -3.64. The van der Waals surface area contributed by atoms with E-state index in [1.165, 1.54) is 6.07 Å². The van der Waals surface area contributed by atoms with Gasteiger partial charge in [-0.1, -0.05) is 18.2 Å². The van der Waals surface area contributed by atoms with Gasteiger partial charge in [0.15, 0.2) is 0 Å². The Hall–Kier alpha value is -0.580. The first-order valence-corrected chi connectivity index (χ1v) is 7.21. The van der Waals surface area contributed by atoms with Crippen LogP contribution in [0, 0.1) is 5.92 Å². The summed E-state index contributed by atoms with van der Waals surface area (Å²) in [5.74, 6) is 0.537. The monoisotopic (exact) mass is 259 g/mol. The van der Waals surface area contributed by atoms with Crippen LogP contribution in [0.4, 0.5) is 0 Å². The fourth-order valence-electron chi connectivity index (χ4n) is 1.78. The van der Waals surface area contributed by atoms with Gasteiger partial charge in [0.05, 0.1) is 4.90 Å². The van der Waals surface area contributed by atoms with Crippen molar-refractivity contribution >= 4 is 21.6 Å². The van der Waals surface area contributed by atoms with Crippen LogP contribution in [0.2, 0.25) is 0 Å². The predicted octanol–water partition coefficient (Wildman–Crippen LogP) is 1.89. The molecule has 0 spiro atoms. The molecule has 5 heteroatoms. The molecule has 2 N–H and O–H groups in total. The first-order chi connectivity index (χ1) is 7.48. The molecule has 0 amide bonds. The standard InChI is InChI=1S/C11H14ClNO2S/c12-10(8-5-6-8)7-9-3-1-2-4-11(9)16(13,14)15/h1-4,8,10H,5-7H2,(H2,13,14,15). The van der Waals surface area contributed by atoms with Crippen LogP contribution in [0.3, 0.4) is 0 Å². The van der Waals surface area contributed by atoms with Crippen LogP contribution < -0.4 is 5.14 Å². The molecule has 0 heterocycles. The molecule has 0 aromatic heterocycles. The summed E-state index contributed by atoms with van der Waals surface area (Å²) >= 11 is 6.20. The number of hydrogen-bond donors (Lipinski definition) is 1. The van der Waals surface area contributed by atoms with Gasteiger partial charge in [-0.25, -0.2) is 13.6 Å². The lowest BCUT2D eigenvalue weighted by Gasteiger charge is -2.11. The van der Waals surface area contributed by atoms with Crippen molar-refractivity contribution in [2.24, 2.45) is 11.1 Å². The summed E-state index contributed by atoms with van der Waals surface area (Å²) in [7, 11) is -3.64. The van der Waals surface area contributed by atoms with E-state index in [0.29, 0.717) is 12.3 Å². The Morgan fingerprint density at radius 3 is 2.56 bits per heavy atom. The molecule has 88 valence electrons. The molecule has 1 atom stereocenters. The summed E-state index contributed by atoms with van der Waals surface area (Å²) in [4.78, 5) is 0.196.